The molecule has 0 aliphatic carbocycles. The lowest BCUT2D eigenvalue weighted by Crippen LogP contribution is -2.24. The molecule has 0 saturated carbocycles. The molecule has 0 bridgehead atoms. The van der Waals surface area contributed by atoms with Gasteiger partial charge < -0.3 is 0 Å². The molecular formula is C17H12N4O. The Bertz CT molecular complexity index is 988. The Hall–Kier alpha value is -3.21. The van der Waals surface area contributed by atoms with E-state index in [0.717, 1.165) is 5.69 Å². The number of para-hydroxylation sites is 2. The van der Waals surface area contributed by atoms with Crippen LogP contribution >= 0.6 is 0 Å². The molecule has 0 fully saturated rings. The van der Waals surface area contributed by atoms with Crippen LogP contribution in [0.1, 0.15) is 0 Å². The van der Waals surface area contributed by atoms with Gasteiger partial charge in [-0.05, 0) is 24.3 Å². The highest BCUT2D eigenvalue weighted by molar-refractivity contribution is 5.78. The summed E-state index contributed by atoms with van der Waals surface area (Å²) >= 11 is 0. The van der Waals surface area contributed by atoms with Crippen molar-refractivity contribution in [2.24, 2.45) is 0 Å². The number of nitrogens with zero attached hydrogens (tertiary/aromatic N) is 4. The Kier molecular flexibility index (Phi) is 2.83. The molecule has 5 nitrogen and oxygen atoms in total. The van der Waals surface area contributed by atoms with Gasteiger partial charge in [-0.15, -0.1) is 0 Å². The molecule has 0 atom stereocenters. The van der Waals surface area contributed by atoms with Crippen LogP contribution in [0.3, 0.4) is 0 Å². The summed E-state index contributed by atoms with van der Waals surface area (Å²) in [5.41, 5.74) is 1.35. The van der Waals surface area contributed by atoms with Crippen LogP contribution in [0.25, 0.3) is 22.5 Å². The Morgan fingerprint density at radius 1 is 0.909 bits per heavy atom. The fourth-order valence-electron chi connectivity index (χ4n) is 2.48. The SMILES string of the molecule is O=c1c2ccccc2nc(-n2ccnc2)n1-c1ccccc1. The lowest BCUT2D eigenvalue weighted by Gasteiger charge is -2.13. The van der Waals surface area contributed by atoms with Crippen LogP contribution < -0.4 is 5.56 Å². The Labute approximate surface area is 126 Å². The van der Waals surface area contributed by atoms with Crippen LogP contribution in [0.15, 0.2) is 78.1 Å². The predicted octanol–water partition coefficient (Wildman–Crippen LogP) is 2.57. The van der Waals surface area contributed by atoms with Gasteiger partial charge in [0.05, 0.1) is 16.6 Å². The second kappa shape index (κ2) is 4.96. The van der Waals surface area contributed by atoms with E-state index in [-0.39, 0.29) is 5.56 Å². The van der Waals surface area contributed by atoms with Gasteiger partial charge in [0.2, 0.25) is 5.95 Å². The van der Waals surface area contributed by atoms with Crippen LogP contribution in [-0.2, 0) is 0 Å². The average molecular weight is 288 g/mol. The lowest BCUT2D eigenvalue weighted by molar-refractivity contribution is 0.841. The highest BCUT2D eigenvalue weighted by Crippen LogP contribution is 2.15. The maximum Gasteiger partial charge on any atom is 0.267 e. The molecule has 4 rings (SSSR count). The third-order valence-corrected chi connectivity index (χ3v) is 3.51. The van der Waals surface area contributed by atoms with Crippen molar-refractivity contribution in [3.8, 4) is 11.6 Å². The number of fused-ring (bicyclic) bond motifs is 1. The average Bonchev–Trinajstić information content (AvgIpc) is 3.10. The highest BCUT2D eigenvalue weighted by Gasteiger charge is 2.13. The first kappa shape index (κ1) is 12.5. The fraction of sp³-hybridized carbons (Fsp3) is 0. The molecule has 5 heteroatoms. The number of rotatable bonds is 2. The van der Waals surface area contributed by atoms with E-state index in [1.165, 1.54) is 0 Å². The second-order valence-electron chi connectivity index (χ2n) is 4.88. The zero-order chi connectivity index (χ0) is 14.9. The van der Waals surface area contributed by atoms with E-state index in [0.29, 0.717) is 16.9 Å². The smallest absolute Gasteiger partial charge is 0.267 e. The molecule has 2 heterocycles. The minimum atomic E-state index is -0.0968. The van der Waals surface area contributed by atoms with Crippen molar-refractivity contribution < 1.29 is 0 Å². The molecular weight excluding hydrogens is 276 g/mol. The molecule has 22 heavy (non-hydrogen) atoms. The molecule has 106 valence electrons. The zero-order valence-electron chi connectivity index (χ0n) is 11.6. The third kappa shape index (κ3) is 1.91. The molecule has 0 radical (unpaired) electrons. The highest BCUT2D eigenvalue weighted by atomic mass is 16.1. The van der Waals surface area contributed by atoms with Crippen LogP contribution in [0, 0.1) is 0 Å². The van der Waals surface area contributed by atoms with Crippen molar-refractivity contribution in [3.05, 3.63) is 83.7 Å². The van der Waals surface area contributed by atoms with Gasteiger partial charge in [0, 0.05) is 12.4 Å². The minimum Gasteiger partial charge on any atom is -0.275 e. The van der Waals surface area contributed by atoms with Gasteiger partial charge in [0.25, 0.3) is 5.56 Å². The molecule has 0 unspecified atom stereocenters. The maximum absolute atomic E-state index is 12.9. The lowest BCUT2D eigenvalue weighted by atomic mass is 10.2. The van der Waals surface area contributed by atoms with E-state index in [4.69, 9.17) is 0 Å². The molecule has 0 saturated heterocycles. The van der Waals surface area contributed by atoms with E-state index in [2.05, 4.69) is 9.97 Å². The van der Waals surface area contributed by atoms with Gasteiger partial charge >= 0.3 is 0 Å². The Morgan fingerprint density at radius 3 is 2.45 bits per heavy atom. The number of imidazole rings is 1. The van der Waals surface area contributed by atoms with Gasteiger partial charge in [-0.3, -0.25) is 9.36 Å². The molecule has 0 aliphatic rings. The summed E-state index contributed by atoms with van der Waals surface area (Å²) in [5, 5.41) is 0.593. The molecule has 0 spiro atoms. The summed E-state index contributed by atoms with van der Waals surface area (Å²) in [5.74, 6) is 0.521. The topological polar surface area (TPSA) is 52.7 Å². The summed E-state index contributed by atoms with van der Waals surface area (Å²) in [6, 6.07) is 16.8. The Morgan fingerprint density at radius 2 is 1.68 bits per heavy atom. The standard InChI is InChI=1S/C17H12N4O/c22-16-14-8-4-5-9-15(14)19-17(20-11-10-18-12-20)21(16)13-6-2-1-3-7-13/h1-12H. The quantitative estimate of drug-likeness (QED) is 0.569. The van der Waals surface area contributed by atoms with E-state index in [9.17, 15) is 4.79 Å². The van der Waals surface area contributed by atoms with Crippen molar-refractivity contribution in [1.29, 1.82) is 0 Å². The van der Waals surface area contributed by atoms with Gasteiger partial charge in [-0.25, -0.2) is 14.5 Å². The number of aromatic nitrogens is 4. The number of benzene rings is 2. The van der Waals surface area contributed by atoms with Gasteiger partial charge in [0.15, 0.2) is 0 Å². The van der Waals surface area contributed by atoms with Crippen molar-refractivity contribution in [2.75, 3.05) is 0 Å². The molecule has 0 N–H and O–H groups in total. The van der Waals surface area contributed by atoms with Crippen molar-refractivity contribution >= 4 is 10.9 Å². The largest absolute Gasteiger partial charge is 0.275 e. The van der Waals surface area contributed by atoms with Crippen LogP contribution in [0.2, 0.25) is 0 Å². The van der Waals surface area contributed by atoms with Gasteiger partial charge in [-0.2, -0.15) is 0 Å². The molecule has 2 aromatic carbocycles. The van der Waals surface area contributed by atoms with E-state index in [1.807, 2.05) is 48.5 Å². The van der Waals surface area contributed by atoms with Crippen molar-refractivity contribution in [2.45, 2.75) is 0 Å². The van der Waals surface area contributed by atoms with E-state index in [1.54, 1.807) is 33.9 Å². The molecule has 4 aromatic rings. The minimum absolute atomic E-state index is 0.0968. The van der Waals surface area contributed by atoms with Crippen molar-refractivity contribution in [3.63, 3.8) is 0 Å². The third-order valence-electron chi connectivity index (χ3n) is 3.51. The summed E-state index contributed by atoms with van der Waals surface area (Å²) in [7, 11) is 0. The summed E-state index contributed by atoms with van der Waals surface area (Å²) in [6.07, 6.45) is 5.07. The van der Waals surface area contributed by atoms with Crippen LogP contribution in [0.5, 0.6) is 0 Å². The fourth-order valence-corrected chi connectivity index (χ4v) is 2.48. The summed E-state index contributed by atoms with van der Waals surface area (Å²) in [4.78, 5) is 21.6. The molecule has 0 amide bonds. The normalized spacial score (nSPS) is 10.9. The van der Waals surface area contributed by atoms with Crippen LogP contribution in [0.4, 0.5) is 0 Å². The summed E-state index contributed by atoms with van der Waals surface area (Å²) < 4.78 is 3.34. The van der Waals surface area contributed by atoms with E-state index < -0.39 is 0 Å². The molecule has 0 aliphatic heterocycles. The zero-order valence-corrected chi connectivity index (χ0v) is 11.6. The monoisotopic (exact) mass is 288 g/mol. The number of hydrogen-bond donors (Lipinski definition) is 0. The van der Waals surface area contributed by atoms with Gasteiger partial charge in [0.1, 0.15) is 6.33 Å². The van der Waals surface area contributed by atoms with Gasteiger partial charge in [-0.1, -0.05) is 30.3 Å². The van der Waals surface area contributed by atoms with E-state index >= 15 is 0 Å². The summed E-state index contributed by atoms with van der Waals surface area (Å²) in [6.45, 7) is 0. The first-order chi connectivity index (χ1) is 10.8. The molecule has 2 aromatic heterocycles. The maximum atomic E-state index is 12.9. The first-order valence-corrected chi connectivity index (χ1v) is 6.90. The Balaban J connectivity index is 2.15. The first-order valence-electron chi connectivity index (χ1n) is 6.90. The van der Waals surface area contributed by atoms with Crippen LogP contribution in [-0.4, -0.2) is 19.1 Å². The predicted molar refractivity (Wildman–Crippen MR) is 84.5 cm³/mol. The van der Waals surface area contributed by atoms with Crippen molar-refractivity contribution in [1.82, 2.24) is 19.1 Å². The number of hydrogen-bond acceptors (Lipinski definition) is 3. The second-order valence-corrected chi connectivity index (χ2v) is 4.88.